The van der Waals surface area contributed by atoms with Gasteiger partial charge in [0.05, 0.1) is 0 Å². The van der Waals surface area contributed by atoms with Crippen molar-refractivity contribution in [3.05, 3.63) is 5.82 Å². The van der Waals surface area contributed by atoms with Crippen molar-refractivity contribution in [2.24, 2.45) is 5.92 Å². The lowest BCUT2D eigenvalue weighted by Gasteiger charge is -2.03. The van der Waals surface area contributed by atoms with E-state index in [2.05, 4.69) is 10.1 Å². The fraction of sp³-hybridized carbons (Fsp3) is 0.571. The smallest absolute Gasteiger partial charge is 0.368 e. The summed E-state index contributed by atoms with van der Waals surface area (Å²) in [5.41, 5.74) is 5.15. The summed E-state index contributed by atoms with van der Waals surface area (Å²) in [6, 6.07) is 0. The number of nitrogen functional groups attached to an aromatic ring is 1. The summed E-state index contributed by atoms with van der Waals surface area (Å²) in [7, 11) is 0. The van der Waals surface area contributed by atoms with Gasteiger partial charge in [0.25, 0.3) is 11.7 Å². The molecule has 0 aromatic carbocycles. The van der Waals surface area contributed by atoms with Crippen molar-refractivity contribution in [2.45, 2.75) is 20.0 Å². The van der Waals surface area contributed by atoms with E-state index in [1.807, 2.05) is 0 Å². The van der Waals surface area contributed by atoms with Crippen LogP contribution in [0.5, 0.6) is 0 Å². The third-order valence-electron chi connectivity index (χ3n) is 1.59. The van der Waals surface area contributed by atoms with Gasteiger partial charge in [-0.05, 0) is 0 Å². The first-order valence-corrected chi connectivity index (χ1v) is 4.07. The topological polar surface area (TPSA) is 73.8 Å². The molecule has 0 spiro atoms. The summed E-state index contributed by atoms with van der Waals surface area (Å²) < 4.78 is 36.9. The van der Waals surface area contributed by atoms with Crippen LogP contribution < -0.4 is 5.73 Å². The van der Waals surface area contributed by atoms with Crippen LogP contribution in [0.15, 0.2) is 0 Å². The largest absolute Gasteiger partial charge is 0.453 e. The molecule has 0 saturated carbocycles. The minimum Gasteiger partial charge on any atom is -0.368 e. The van der Waals surface area contributed by atoms with Gasteiger partial charge >= 0.3 is 6.18 Å². The van der Waals surface area contributed by atoms with Crippen molar-refractivity contribution in [1.82, 2.24) is 14.8 Å². The molecule has 8 heteroatoms. The molecule has 0 atom stereocenters. The lowest BCUT2D eigenvalue weighted by atomic mass is 10.2. The fourth-order valence-electron chi connectivity index (χ4n) is 0.851. The Bertz CT molecular complexity index is 382. The average molecular weight is 222 g/mol. The monoisotopic (exact) mass is 222 g/mol. The number of hydrogen-bond acceptors (Lipinski definition) is 4. The second-order valence-electron chi connectivity index (χ2n) is 3.20. The van der Waals surface area contributed by atoms with Crippen molar-refractivity contribution in [1.29, 1.82) is 0 Å². The second kappa shape index (κ2) is 3.52. The van der Waals surface area contributed by atoms with Crippen molar-refractivity contribution in [3.63, 3.8) is 0 Å². The van der Waals surface area contributed by atoms with Gasteiger partial charge in [-0.1, -0.05) is 13.8 Å². The molecule has 15 heavy (non-hydrogen) atoms. The number of alkyl halides is 3. The maximum Gasteiger partial charge on any atom is 0.453 e. The van der Waals surface area contributed by atoms with E-state index in [0.29, 0.717) is 4.68 Å². The third kappa shape index (κ3) is 2.25. The summed E-state index contributed by atoms with van der Waals surface area (Å²) in [5, 5.41) is 3.01. The zero-order valence-electron chi connectivity index (χ0n) is 8.04. The molecule has 0 aliphatic heterocycles. The minimum absolute atomic E-state index is 0.466. The van der Waals surface area contributed by atoms with E-state index in [4.69, 9.17) is 5.73 Å². The lowest BCUT2D eigenvalue weighted by Crippen LogP contribution is -2.21. The number of rotatable bonds is 1. The Morgan fingerprint density at radius 3 is 2.33 bits per heavy atom. The highest BCUT2D eigenvalue weighted by Crippen LogP contribution is 2.26. The van der Waals surface area contributed by atoms with Crippen molar-refractivity contribution < 1.29 is 18.0 Å². The van der Waals surface area contributed by atoms with E-state index in [1.54, 1.807) is 0 Å². The predicted molar refractivity (Wildman–Crippen MR) is 44.9 cm³/mol. The molecule has 0 fully saturated rings. The quantitative estimate of drug-likeness (QED) is 0.774. The molecule has 1 rings (SSSR count). The number of aromatic nitrogens is 3. The number of hydrogen-bond donors (Lipinski definition) is 1. The highest BCUT2D eigenvalue weighted by atomic mass is 19.4. The van der Waals surface area contributed by atoms with Crippen molar-refractivity contribution in [2.75, 3.05) is 5.73 Å². The lowest BCUT2D eigenvalue weighted by molar-refractivity contribution is -0.144. The SMILES string of the molecule is CC(C)C(=O)n1nc(C(F)(F)F)nc1N. The number of carbonyl (C=O) groups is 1. The van der Waals surface area contributed by atoms with E-state index in [1.165, 1.54) is 13.8 Å². The Balaban J connectivity index is 3.13. The molecule has 84 valence electrons. The molecular weight excluding hydrogens is 213 g/mol. The van der Waals surface area contributed by atoms with E-state index in [9.17, 15) is 18.0 Å². The third-order valence-corrected chi connectivity index (χ3v) is 1.59. The number of nitrogens with two attached hydrogens (primary N) is 1. The predicted octanol–water partition coefficient (Wildman–Crippen LogP) is 1.18. The first kappa shape index (κ1) is 11.5. The van der Waals surface area contributed by atoms with Gasteiger partial charge in [0, 0.05) is 5.92 Å². The second-order valence-corrected chi connectivity index (χ2v) is 3.20. The highest BCUT2D eigenvalue weighted by molar-refractivity contribution is 5.81. The first-order valence-electron chi connectivity index (χ1n) is 4.07. The molecular formula is C7H9F3N4O. The normalized spacial score (nSPS) is 12.1. The van der Waals surface area contributed by atoms with Crippen LogP contribution in [0.3, 0.4) is 0 Å². The fourth-order valence-corrected chi connectivity index (χ4v) is 0.851. The Morgan fingerprint density at radius 1 is 1.47 bits per heavy atom. The summed E-state index contributed by atoms with van der Waals surface area (Å²) in [5.74, 6) is -3.10. The van der Waals surface area contributed by atoms with Crippen LogP contribution in [0.2, 0.25) is 0 Å². The van der Waals surface area contributed by atoms with Gasteiger partial charge in [-0.25, -0.2) is 0 Å². The number of carbonyl (C=O) groups excluding carboxylic acids is 1. The summed E-state index contributed by atoms with van der Waals surface area (Å²) in [4.78, 5) is 14.3. The van der Waals surface area contributed by atoms with Crippen molar-refractivity contribution >= 4 is 11.9 Å². The molecule has 5 nitrogen and oxygen atoms in total. The number of anilines is 1. The molecule has 0 aliphatic rings. The van der Waals surface area contributed by atoms with Crippen molar-refractivity contribution in [3.8, 4) is 0 Å². The average Bonchev–Trinajstić information content (AvgIpc) is 2.45. The molecule has 0 bridgehead atoms. The van der Waals surface area contributed by atoms with Crippen LogP contribution >= 0.6 is 0 Å². The van der Waals surface area contributed by atoms with E-state index < -0.39 is 29.8 Å². The molecule has 0 radical (unpaired) electrons. The Labute approximate surface area is 83.1 Å². The van der Waals surface area contributed by atoms with Crippen LogP contribution in [-0.2, 0) is 6.18 Å². The standard InChI is InChI=1S/C7H9F3N4O/c1-3(2)4(15)14-6(11)12-5(13-14)7(8,9)10/h3H,1-2H3,(H2,11,12,13). The van der Waals surface area contributed by atoms with Gasteiger partial charge in [0.2, 0.25) is 5.95 Å². The molecule has 0 unspecified atom stereocenters. The maximum absolute atomic E-state index is 12.1. The minimum atomic E-state index is -4.70. The van der Waals surface area contributed by atoms with Crippen LogP contribution in [-0.4, -0.2) is 20.7 Å². The Kier molecular flexibility index (Phi) is 2.69. The molecule has 2 N–H and O–H groups in total. The van der Waals surface area contributed by atoms with Crippen LogP contribution in [0.25, 0.3) is 0 Å². The maximum atomic E-state index is 12.1. The van der Waals surface area contributed by atoms with Gasteiger partial charge in [0.1, 0.15) is 0 Å². The van der Waals surface area contributed by atoms with E-state index in [0.717, 1.165) is 0 Å². The molecule has 0 amide bonds. The summed E-state index contributed by atoms with van der Waals surface area (Å²) >= 11 is 0. The summed E-state index contributed by atoms with van der Waals surface area (Å²) in [6.45, 7) is 3.05. The molecule has 1 heterocycles. The van der Waals surface area contributed by atoms with Crippen LogP contribution in [0, 0.1) is 5.92 Å². The van der Waals surface area contributed by atoms with E-state index in [-0.39, 0.29) is 0 Å². The van der Waals surface area contributed by atoms with Crippen LogP contribution in [0.4, 0.5) is 19.1 Å². The van der Waals surface area contributed by atoms with Gasteiger partial charge in [-0.15, -0.1) is 5.10 Å². The van der Waals surface area contributed by atoms with Gasteiger partial charge in [0.15, 0.2) is 0 Å². The van der Waals surface area contributed by atoms with E-state index >= 15 is 0 Å². The molecule has 0 saturated heterocycles. The number of nitrogens with zero attached hydrogens (tertiary/aromatic N) is 3. The zero-order valence-corrected chi connectivity index (χ0v) is 8.04. The summed E-state index contributed by atoms with van der Waals surface area (Å²) in [6.07, 6.45) is -4.70. The molecule has 1 aromatic heterocycles. The van der Waals surface area contributed by atoms with Gasteiger partial charge < -0.3 is 5.73 Å². The first-order chi connectivity index (χ1) is 6.73. The van der Waals surface area contributed by atoms with Gasteiger partial charge in [-0.3, -0.25) is 4.79 Å². The molecule has 0 aliphatic carbocycles. The van der Waals surface area contributed by atoms with Gasteiger partial charge in [-0.2, -0.15) is 22.8 Å². The van der Waals surface area contributed by atoms with Crippen LogP contribution in [0.1, 0.15) is 24.5 Å². The zero-order chi connectivity index (χ0) is 11.8. The Hall–Kier alpha value is -1.60. The highest BCUT2D eigenvalue weighted by Gasteiger charge is 2.37. The number of halogens is 3. The molecule has 1 aromatic rings. The Morgan fingerprint density at radius 2 is 2.00 bits per heavy atom.